The van der Waals surface area contributed by atoms with Crippen molar-refractivity contribution in [3.63, 3.8) is 0 Å². The van der Waals surface area contributed by atoms with Gasteiger partial charge in [-0.15, -0.1) is 0 Å². The molecule has 2 aromatic heterocycles. The highest BCUT2D eigenvalue weighted by Gasteiger charge is 2.18. The van der Waals surface area contributed by atoms with Crippen LogP contribution < -0.4 is 15.7 Å². The summed E-state index contributed by atoms with van der Waals surface area (Å²) in [4.78, 5) is 30.0. The van der Waals surface area contributed by atoms with Crippen LogP contribution in [0.5, 0.6) is 5.75 Å². The third kappa shape index (κ3) is 3.70. The molecule has 0 aliphatic carbocycles. The zero-order chi connectivity index (χ0) is 21.4. The van der Waals surface area contributed by atoms with E-state index in [0.29, 0.717) is 29.0 Å². The van der Waals surface area contributed by atoms with Gasteiger partial charge in [0, 0.05) is 35.1 Å². The van der Waals surface area contributed by atoms with E-state index in [-0.39, 0.29) is 5.56 Å². The van der Waals surface area contributed by atoms with Crippen molar-refractivity contribution >= 4 is 34.3 Å². The fourth-order valence-corrected chi connectivity index (χ4v) is 4.49. The van der Waals surface area contributed by atoms with Gasteiger partial charge in [-0.05, 0) is 31.2 Å². The summed E-state index contributed by atoms with van der Waals surface area (Å²) in [7, 11) is 0. The van der Waals surface area contributed by atoms with E-state index in [1.54, 1.807) is 36.0 Å². The molecule has 0 atom stereocenters. The molecule has 0 fully saturated rings. The van der Waals surface area contributed by atoms with Crippen LogP contribution in [0.4, 0.5) is 5.69 Å². The van der Waals surface area contributed by atoms with Crippen LogP contribution in [0.15, 0.2) is 69.1 Å². The predicted molar refractivity (Wildman–Crippen MR) is 120 cm³/mol. The van der Waals surface area contributed by atoms with Crippen LogP contribution in [0, 0.1) is 0 Å². The minimum atomic E-state index is -0.712. The van der Waals surface area contributed by atoms with E-state index in [1.165, 1.54) is 6.07 Å². The number of thioether (sulfide) groups is 1. The number of carbonyl (C=O) groups excluding carboxylic acids is 1. The maximum atomic E-state index is 12.8. The van der Waals surface area contributed by atoms with Gasteiger partial charge in [-0.1, -0.05) is 36.0 Å². The highest BCUT2D eigenvalue weighted by Crippen LogP contribution is 2.30. The number of benzene rings is 2. The van der Waals surface area contributed by atoms with Gasteiger partial charge in [0.1, 0.15) is 5.56 Å². The Morgan fingerprint density at radius 2 is 2.13 bits per heavy atom. The molecule has 0 saturated carbocycles. The molecule has 7 nitrogen and oxygen atoms in total. The standard InChI is InChI=1S/C23H19N3O4S/c1-2-29-19-8-4-6-15-12-17(22(28)30-20(15)19)21(27)24-16-7-3-5-14(11-16)18-13-26-9-10-31-23(26)25-18/h3-8,11-13H,2,9-10H2,1H3,(H,24,27). The van der Waals surface area contributed by atoms with Gasteiger partial charge in [-0.3, -0.25) is 4.79 Å². The van der Waals surface area contributed by atoms with E-state index >= 15 is 0 Å². The number of para-hydroxylation sites is 1. The molecule has 0 bridgehead atoms. The summed E-state index contributed by atoms with van der Waals surface area (Å²) in [6, 6.07) is 14.2. The SMILES string of the molecule is CCOc1cccc2cc(C(=O)Nc3cccc(-c4cn5c(n4)SCC5)c3)c(=O)oc12. The molecule has 156 valence electrons. The summed E-state index contributed by atoms with van der Waals surface area (Å²) >= 11 is 1.73. The summed E-state index contributed by atoms with van der Waals surface area (Å²) in [5.41, 5.74) is 1.88. The molecule has 1 N–H and O–H groups in total. The quantitative estimate of drug-likeness (QED) is 0.469. The number of aromatic nitrogens is 2. The Kier molecular flexibility index (Phi) is 4.99. The van der Waals surface area contributed by atoms with Crippen molar-refractivity contribution < 1.29 is 13.9 Å². The van der Waals surface area contributed by atoms with Gasteiger partial charge < -0.3 is 19.0 Å². The molecule has 0 saturated heterocycles. The number of rotatable bonds is 5. The zero-order valence-electron chi connectivity index (χ0n) is 16.8. The van der Waals surface area contributed by atoms with Gasteiger partial charge in [0.2, 0.25) is 0 Å². The van der Waals surface area contributed by atoms with Gasteiger partial charge in [0.05, 0.1) is 12.3 Å². The minimum Gasteiger partial charge on any atom is -0.490 e. The number of aryl methyl sites for hydroxylation is 1. The van der Waals surface area contributed by atoms with Crippen LogP contribution in [-0.4, -0.2) is 27.8 Å². The number of hydrogen-bond acceptors (Lipinski definition) is 6. The summed E-state index contributed by atoms with van der Waals surface area (Å²) in [5, 5.41) is 4.42. The first-order chi connectivity index (χ1) is 15.1. The highest BCUT2D eigenvalue weighted by atomic mass is 32.2. The monoisotopic (exact) mass is 433 g/mol. The van der Waals surface area contributed by atoms with Crippen LogP contribution in [0.3, 0.4) is 0 Å². The maximum Gasteiger partial charge on any atom is 0.349 e. The second kappa shape index (κ2) is 7.96. The molecule has 3 heterocycles. The van der Waals surface area contributed by atoms with Crippen LogP contribution in [0.1, 0.15) is 17.3 Å². The second-order valence-electron chi connectivity index (χ2n) is 7.04. The van der Waals surface area contributed by atoms with E-state index in [4.69, 9.17) is 9.15 Å². The van der Waals surface area contributed by atoms with Crippen molar-refractivity contribution in [1.29, 1.82) is 0 Å². The third-order valence-electron chi connectivity index (χ3n) is 4.99. The molecule has 8 heteroatoms. The molecule has 0 radical (unpaired) electrons. The third-order valence-corrected chi connectivity index (χ3v) is 5.96. The molecule has 0 spiro atoms. The van der Waals surface area contributed by atoms with Crippen molar-refractivity contribution in [1.82, 2.24) is 9.55 Å². The number of anilines is 1. The molecule has 0 unspecified atom stereocenters. The van der Waals surface area contributed by atoms with Gasteiger partial charge in [-0.2, -0.15) is 0 Å². The van der Waals surface area contributed by atoms with Crippen LogP contribution in [0.2, 0.25) is 0 Å². The van der Waals surface area contributed by atoms with Gasteiger partial charge in [0.15, 0.2) is 16.5 Å². The van der Waals surface area contributed by atoms with Gasteiger partial charge in [-0.25, -0.2) is 9.78 Å². The second-order valence-corrected chi connectivity index (χ2v) is 8.10. The lowest BCUT2D eigenvalue weighted by atomic mass is 10.1. The Morgan fingerprint density at radius 1 is 1.26 bits per heavy atom. The first kappa shape index (κ1) is 19.4. The van der Waals surface area contributed by atoms with E-state index in [9.17, 15) is 9.59 Å². The molecule has 5 rings (SSSR count). The van der Waals surface area contributed by atoms with Gasteiger partial charge >= 0.3 is 5.63 Å². The van der Waals surface area contributed by atoms with E-state index in [1.807, 2.05) is 31.3 Å². The number of imidazole rings is 1. The number of nitrogens with one attached hydrogen (secondary N) is 1. The minimum absolute atomic E-state index is 0.0658. The molecule has 4 aromatic rings. The number of fused-ring (bicyclic) bond motifs is 2. The van der Waals surface area contributed by atoms with E-state index in [2.05, 4.69) is 14.9 Å². The van der Waals surface area contributed by atoms with E-state index < -0.39 is 11.5 Å². The summed E-state index contributed by atoms with van der Waals surface area (Å²) in [6.45, 7) is 3.25. The first-order valence-corrected chi connectivity index (χ1v) is 10.9. The number of amides is 1. The zero-order valence-corrected chi connectivity index (χ0v) is 17.6. The lowest BCUT2D eigenvalue weighted by Crippen LogP contribution is -2.20. The highest BCUT2D eigenvalue weighted by molar-refractivity contribution is 7.99. The molecule has 2 aromatic carbocycles. The average Bonchev–Trinajstić information content (AvgIpc) is 3.37. The Labute approximate surface area is 182 Å². The van der Waals surface area contributed by atoms with Crippen molar-refractivity contribution in [2.45, 2.75) is 18.6 Å². The van der Waals surface area contributed by atoms with Crippen molar-refractivity contribution in [2.24, 2.45) is 0 Å². The number of ether oxygens (including phenoxy) is 1. The maximum absolute atomic E-state index is 12.8. The first-order valence-electron chi connectivity index (χ1n) is 9.94. The molecular formula is C23H19N3O4S. The fraction of sp³-hybridized carbons (Fsp3) is 0.174. The Hall–Kier alpha value is -3.52. The largest absolute Gasteiger partial charge is 0.490 e. The summed E-state index contributed by atoms with van der Waals surface area (Å²) < 4.78 is 13.0. The molecule has 1 aliphatic heterocycles. The normalized spacial score (nSPS) is 12.7. The van der Waals surface area contributed by atoms with Crippen molar-refractivity contribution in [2.75, 3.05) is 17.7 Å². The topological polar surface area (TPSA) is 86.4 Å². The summed E-state index contributed by atoms with van der Waals surface area (Å²) in [5.74, 6) is 0.985. The van der Waals surface area contributed by atoms with Crippen molar-refractivity contribution in [3.8, 4) is 17.0 Å². The smallest absolute Gasteiger partial charge is 0.349 e. The molecule has 1 aliphatic rings. The lowest BCUT2D eigenvalue weighted by Gasteiger charge is -2.08. The summed E-state index contributed by atoms with van der Waals surface area (Å²) in [6.07, 6.45) is 2.02. The van der Waals surface area contributed by atoms with Crippen LogP contribution in [0.25, 0.3) is 22.2 Å². The Morgan fingerprint density at radius 3 is 2.97 bits per heavy atom. The van der Waals surface area contributed by atoms with Gasteiger partial charge in [0.25, 0.3) is 5.91 Å². The Balaban J connectivity index is 1.43. The van der Waals surface area contributed by atoms with Crippen LogP contribution >= 0.6 is 11.8 Å². The van der Waals surface area contributed by atoms with Crippen LogP contribution in [-0.2, 0) is 6.54 Å². The Bertz CT molecular complexity index is 1340. The molecular weight excluding hydrogens is 414 g/mol. The van der Waals surface area contributed by atoms with Crippen molar-refractivity contribution in [3.05, 3.63) is 70.7 Å². The lowest BCUT2D eigenvalue weighted by molar-refractivity contribution is 0.102. The fourth-order valence-electron chi connectivity index (χ4n) is 3.55. The molecule has 1 amide bonds. The van der Waals surface area contributed by atoms with E-state index in [0.717, 1.165) is 28.7 Å². The predicted octanol–water partition coefficient (Wildman–Crippen LogP) is 4.41. The number of hydrogen-bond donors (Lipinski definition) is 1. The molecule has 31 heavy (non-hydrogen) atoms. The number of carbonyl (C=O) groups is 1. The number of nitrogens with zero attached hydrogens (tertiary/aromatic N) is 2. The average molecular weight is 433 g/mol.